The van der Waals surface area contributed by atoms with E-state index in [4.69, 9.17) is 9.57 Å². The molecule has 7 nitrogen and oxygen atoms in total. The van der Waals surface area contributed by atoms with Crippen LogP contribution in [-0.4, -0.2) is 67.8 Å². The van der Waals surface area contributed by atoms with Gasteiger partial charge in [0.1, 0.15) is 6.23 Å². The molecule has 4 saturated heterocycles. The number of hydrogen-bond acceptors (Lipinski definition) is 6. The standard InChI is InChI=1S/C20H33FN4O3/c21-20(5-6-20)19(26)25-8-2-13(3-9-25)17-23-18(28-24-17)14-1-7-22-16(11-14)15-4-10-27-12-15/h13-18,22-24H,1-12H2. The van der Waals surface area contributed by atoms with Gasteiger partial charge in [0, 0.05) is 31.7 Å². The van der Waals surface area contributed by atoms with Gasteiger partial charge in [0.2, 0.25) is 0 Å². The molecule has 5 fully saturated rings. The molecule has 1 aliphatic carbocycles. The van der Waals surface area contributed by atoms with Crippen LogP contribution in [0.25, 0.3) is 0 Å². The highest BCUT2D eigenvalue weighted by Crippen LogP contribution is 2.42. The summed E-state index contributed by atoms with van der Waals surface area (Å²) in [6, 6.07) is 0.524. The number of nitrogens with zero attached hydrogens (tertiary/aromatic N) is 1. The van der Waals surface area contributed by atoms with Gasteiger partial charge in [-0.1, -0.05) is 0 Å². The van der Waals surface area contributed by atoms with Crippen molar-refractivity contribution in [2.75, 3.05) is 32.8 Å². The molecule has 0 aromatic heterocycles. The summed E-state index contributed by atoms with van der Waals surface area (Å²) in [6.45, 7) is 4.10. The van der Waals surface area contributed by atoms with Crippen molar-refractivity contribution in [3.8, 4) is 0 Å². The number of halogens is 1. The Morgan fingerprint density at radius 1 is 1.07 bits per heavy atom. The van der Waals surface area contributed by atoms with Gasteiger partial charge in [0.25, 0.3) is 5.91 Å². The fourth-order valence-electron chi connectivity index (χ4n) is 5.38. The maximum absolute atomic E-state index is 14.0. The van der Waals surface area contributed by atoms with Gasteiger partial charge in [-0.15, -0.1) is 0 Å². The second-order valence-corrected chi connectivity index (χ2v) is 9.36. The van der Waals surface area contributed by atoms with Gasteiger partial charge >= 0.3 is 0 Å². The average Bonchev–Trinajstić information content (AvgIpc) is 3.17. The Hall–Kier alpha value is -0.800. The molecule has 4 heterocycles. The normalized spacial score (nSPS) is 41.3. The van der Waals surface area contributed by atoms with Crippen molar-refractivity contribution in [2.45, 2.75) is 69.1 Å². The van der Waals surface area contributed by atoms with E-state index >= 15 is 0 Å². The Morgan fingerprint density at radius 2 is 1.89 bits per heavy atom. The van der Waals surface area contributed by atoms with Gasteiger partial charge in [-0.05, 0) is 63.3 Å². The minimum atomic E-state index is -1.54. The van der Waals surface area contributed by atoms with Crippen molar-refractivity contribution in [1.82, 2.24) is 21.0 Å². The fraction of sp³-hybridized carbons (Fsp3) is 0.950. The van der Waals surface area contributed by atoms with Crippen LogP contribution in [0.2, 0.25) is 0 Å². The number of hydrogen-bond donors (Lipinski definition) is 3. The van der Waals surface area contributed by atoms with E-state index in [2.05, 4.69) is 16.1 Å². The highest BCUT2D eigenvalue weighted by molar-refractivity contribution is 5.88. The molecule has 5 atom stereocenters. The van der Waals surface area contributed by atoms with E-state index in [-0.39, 0.29) is 18.3 Å². The number of likely N-dealkylation sites (tertiary alicyclic amines) is 1. The van der Waals surface area contributed by atoms with Crippen LogP contribution in [0.3, 0.4) is 0 Å². The fourth-order valence-corrected chi connectivity index (χ4v) is 5.38. The quantitative estimate of drug-likeness (QED) is 0.656. The minimum absolute atomic E-state index is 0.0390. The predicted molar refractivity (Wildman–Crippen MR) is 101 cm³/mol. The van der Waals surface area contributed by atoms with Crippen LogP contribution >= 0.6 is 0 Å². The van der Waals surface area contributed by atoms with E-state index in [1.54, 1.807) is 4.90 Å². The number of carbonyl (C=O) groups excluding carboxylic acids is 1. The first-order chi connectivity index (χ1) is 13.6. The van der Waals surface area contributed by atoms with Crippen LogP contribution in [0.15, 0.2) is 0 Å². The third-order valence-electron chi connectivity index (χ3n) is 7.48. The lowest BCUT2D eigenvalue weighted by molar-refractivity contribution is -0.139. The minimum Gasteiger partial charge on any atom is -0.381 e. The van der Waals surface area contributed by atoms with E-state index in [9.17, 15) is 9.18 Å². The molecular weight excluding hydrogens is 363 g/mol. The van der Waals surface area contributed by atoms with E-state index in [1.807, 2.05) is 0 Å². The SMILES string of the molecule is O=C(N1CCC(C2NOC(C3CCNC(C4CCOC4)C3)N2)CC1)C1(F)CC1. The van der Waals surface area contributed by atoms with Gasteiger partial charge in [0.15, 0.2) is 5.67 Å². The molecule has 1 saturated carbocycles. The van der Waals surface area contributed by atoms with Crippen molar-refractivity contribution >= 4 is 5.91 Å². The molecule has 1 amide bonds. The maximum Gasteiger partial charge on any atom is 0.260 e. The average molecular weight is 397 g/mol. The Labute approximate surface area is 166 Å². The lowest BCUT2D eigenvalue weighted by Crippen LogP contribution is -2.51. The molecule has 0 radical (unpaired) electrons. The third-order valence-corrected chi connectivity index (χ3v) is 7.48. The lowest BCUT2D eigenvalue weighted by Gasteiger charge is -2.36. The first kappa shape index (κ1) is 19.2. The van der Waals surface area contributed by atoms with Crippen molar-refractivity contribution in [3.05, 3.63) is 0 Å². The van der Waals surface area contributed by atoms with Crippen LogP contribution in [0.1, 0.15) is 44.9 Å². The van der Waals surface area contributed by atoms with Crippen LogP contribution in [0.4, 0.5) is 4.39 Å². The smallest absolute Gasteiger partial charge is 0.260 e. The third kappa shape index (κ3) is 3.81. The largest absolute Gasteiger partial charge is 0.381 e. The number of alkyl halides is 1. The van der Waals surface area contributed by atoms with Crippen molar-refractivity contribution in [2.24, 2.45) is 17.8 Å². The molecule has 5 rings (SSSR count). The Morgan fingerprint density at radius 3 is 2.61 bits per heavy atom. The summed E-state index contributed by atoms with van der Waals surface area (Å²) in [6.07, 6.45) is 6.11. The molecule has 3 N–H and O–H groups in total. The van der Waals surface area contributed by atoms with Crippen LogP contribution in [-0.2, 0) is 14.4 Å². The summed E-state index contributed by atoms with van der Waals surface area (Å²) < 4.78 is 19.6. The van der Waals surface area contributed by atoms with Gasteiger partial charge in [0.05, 0.1) is 12.8 Å². The van der Waals surface area contributed by atoms with Crippen LogP contribution in [0, 0.1) is 17.8 Å². The van der Waals surface area contributed by atoms with Crippen LogP contribution in [0.5, 0.6) is 0 Å². The number of nitrogens with one attached hydrogen (secondary N) is 3. The molecule has 5 aliphatic rings. The molecule has 4 aliphatic heterocycles. The number of rotatable bonds is 4. The summed E-state index contributed by atoms with van der Waals surface area (Å²) >= 11 is 0. The molecule has 0 spiro atoms. The molecule has 158 valence electrons. The summed E-state index contributed by atoms with van der Waals surface area (Å²) in [5.74, 6) is 1.24. The topological polar surface area (TPSA) is 74.9 Å². The zero-order valence-electron chi connectivity index (χ0n) is 16.5. The predicted octanol–water partition coefficient (Wildman–Crippen LogP) is 0.908. The molecule has 8 heteroatoms. The van der Waals surface area contributed by atoms with Crippen molar-refractivity contribution in [1.29, 1.82) is 0 Å². The zero-order valence-corrected chi connectivity index (χ0v) is 16.5. The van der Waals surface area contributed by atoms with E-state index in [0.29, 0.717) is 49.7 Å². The van der Waals surface area contributed by atoms with E-state index in [1.165, 1.54) is 0 Å². The number of piperidine rings is 2. The molecule has 5 unspecified atom stereocenters. The second-order valence-electron chi connectivity index (χ2n) is 9.36. The van der Waals surface area contributed by atoms with E-state index < -0.39 is 5.67 Å². The number of amides is 1. The molecule has 0 aromatic rings. The second kappa shape index (κ2) is 7.80. The highest BCUT2D eigenvalue weighted by atomic mass is 19.1. The maximum atomic E-state index is 14.0. The van der Waals surface area contributed by atoms with E-state index in [0.717, 1.165) is 51.9 Å². The summed E-state index contributed by atoms with van der Waals surface area (Å²) in [5, 5.41) is 7.33. The first-order valence-corrected chi connectivity index (χ1v) is 11.1. The summed E-state index contributed by atoms with van der Waals surface area (Å²) in [4.78, 5) is 19.9. The Kier molecular flexibility index (Phi) is 5.34. The molecule has 28 heavy (non-hydrogen) atoms. The van der Waals surface area contributed by atoms with Crippen molar-refractivity contribution < 1.29 is 18.8 Å². The number of hydroxylamine groups is 1. The monoisotopic (exact) mass is 396 g/mol. The summed E-state index contributed by atoms with van der Waals surface area (Å²) in [5.41, 5.74) is 1.67. The Balaban J connectivity index is 1.10. The van der Waals surface area contributed by atoms with Gasteiger partial charge < -0.3 is 15.0 Å². The lowest BCUT2D eigenvalue weighted by atomic mass is 9.84. The zero-order chi connectivity index (χ0) is 19.1. The van der Waals surface area contributed by atoms with Crippen molar-refractivity contribution in [3.63, 3.8) is 0 Å². The van der Waals surface area contributed by atoms with Gasteiger partial charge in [-0.3, -0.25) is 14.9 Å². The summed E-state index contributed by atoms with van der Waals surface area (Å²) in [7, 11) is 0. The molecule has 0 bridgehead atoms. The number of carbonyl (C=O) groups is 1. The van der Waals surface area contributed by atoms with Crippen LogP contribution < -0.4 is 16.1 Å². The van der Waals surface area contributed by atoms with Gasteiger partial charge in [-0.25, -0.2) is 4.39 Å². The highest BCUT2D eigenvalue weighted by Gasteiger charge is 2.53. The number of ether oxygens (including phenoxy) is 1. The molecule has 0 aromatic carbocycles. The van der Waals surface area contributed by atoms with Gasteiger partial charge in [-0.2, -0.15) is 5.48 Å². The molecular formula is C20H33FN4O3. The Bertz CT molecular complexity index is 576. The first-order valence-electron chi connectivity index (χ1n) is 11.1.